The van der Waals surface area contributed by atoms with Gasteiger partial charge in [-0.05, 0) is 185 Å². The summed E-state index contributed by atoms with van der Waals surface area (Å²) in [5.74, 6) is 0. The summed E-state index contributed by atoms with van der Waals surface area (Å²) < 4.78 is 2.41. The monoisotopic (exact) mass is 1120 g/mol. The van der Waals surface area contributed by atoms with Crippen molar-refractivity contribution in [3.05, 3.63) is 340 Å². The number of benzene rings is 14. The number of rotatable bonds is 10. The summed E-state index contributed by atoms with van der Waals surface area (Å²) in [5.41, 5.74) is 30.2. The van der Waals surface area contributed by atoms with Crippen molar-refractivity contribution in [2.45, 2.75) is 0 Å². The van der Waals surface area contributed by atoms with E-state index in [1.54, 1.807) is 0 Å². The molecule has 0 atom stereocenters. The molecule has 88 heavy (non-hydrogen) atoms. The average molecular weight is 1120 g/mol. The van der Waals surface area contributed by atoms with Gasteiger partial charge in [-0.25, -0.2) is 0 Å². The van der Waals surface area contributed by atoms with Crippen molar-refractivity contribution in [2.75, 3.05) is 9.80 Å². The second-order valence-electron chi connectivity index (χ2n) is 23.2. The lowest BCUT2D eigenvalue weighted by Crippen LogP contribution is -2.61. The molecule has 0 spiro atoms. The van der Waals surface area contributed by atoms with Gasteiger partial charge in [0.25, 0.3) is 6.71 Å². The standard InChI is InChI=1S/C84H56BN3/c1-8-24-57(25-9-1)64-41-44-80-76(53-64)85-77-54-65(58-26-10-2-11-27-58)42-45-81(77)88(73-50-68(61-32-16-5-17-33-61)47-69(51-73)62-34-18-6-19-35-62)83-56-70(63-40-43-79-75(52-63)74-38-22-23-39-78(74)86(79)71-36-20-7-21-37-71)55-82(84(83)85)87(80)72-48-66(59-28-12-3-13-29-59)46-67(49-72)60-30-14-4-15-31-60/h1-56H. The highest BCUT2D eigenvalue weighted by Gasteiger charge is 2.44. The molecule has 0 fully saturated rings. The molecule has 0 N–H and O–H groups in total. The van der Waals surface area contributed by atoms with Crippen LogP contribution in [0.25, 0.3) is 105 Å². The van der Waals surface area contributed by atoms with Crippen LogP contribution >= 0.6 is 0 Å². The Morgan fingerprint density at radius 3 is 0.943 bits per heavy atom. The minimum atomic E-state index is -0.174. The van der Waals surface area contributed by atoms with Crippen LogP contribution in [0.1, 0.15) is 0 Å². The zero-order valence-electron chi connectivity index (χ0n) is 48.3. The average Bonchev–Trinajstić information content (AvgIpc) is 0.876. The molecule has 2 aliphatic rings. The molecule has 0 saturated heterocycles. The molecule has 0 unspecified atom stereocenters. The van der Waals surface area contributed by atoms with Gasteiger partial charge in [-0.2, -0.15) is 0 Å². The molecule has 0 aliphatic carbocycles. The Kier molecular flexibility index (Phi) is 12.3. The van der Waals surface area contributed by atoms with Gasteiger partial charge < -0.3 is 14.4 Å². The van der Waals surface area contributed by atoms with Crippen LogP contribution in [0.2, 0.25) is 0 Å². The zero-order valence-corrected chi connectivity index (χ0v) is 48.3. The van der Waals surface area contributed by atoms with E-state index < -0.39 is 0 Å². The van der Waals surface area contributed by atoms with Crippen molar-refractivity contribution in [1.82, 2.24) is 4.57 Å². The number of hydrogen-bond acceptors (Lipinski definition) is 2. The normalized spacial score (nSPS) is 12.2. The van der Waals surface area contributed by atoms with E-state index in [2.05, 4.69) is 354 Å². The van der Waals surface area contributed by atoms with E-state index in [1.807, 2.05) is 0 Å². The molecule has 0 radical (unpaired) electrons. The van der Waals surface area contributed by atoms with Crippen molar-refractivity contribution < 1.29 is 0 Å². The zero-order chi connectivity index (χ0) is 58.1. The highest BCUT2D eigenvalue weighted by molar-refractivity contribution is 7.00. The SMILES string of the molecule is c1ccc(-c2cc(-c3ccccc3)cc(N3c4ccc(-c5ccccc5)cc4B4c5cc(-c6ccccc6)ccc5N(c5cc(-c6ccccc6)cc(-c6ccccc6)c5)c5cc(-c6ccc7c(c6)c6ccccc6n7-c6ccccc6)cc3c54)c2)cc1. The molecule has 17 rings (SSSR count). The minimum Gasteiger partial charge on any atom is -0.311 e. The van der Waals surface area contributed by atoms with Crippen molar-refractivity contribution >= 4 is 79.0 Å². The first-order valence-electron chi connectivity index (χ1n) is 30.4. The molecule has 3 nitrogen and oxygen atoms in total. The lowest BCUT2D eigenvalue weighted by atomic mass is 9.33. The highest BCUT2D eigenvalue weighted by atomic mass is 15.2. The van der Waals surface area contributed by atoms with Gasteiger partial charge in [0.2, 0.25) is 0 Å². The molecular weight excluding hydrogens is 1060 g/mol. The Morgan fingerprint density at radius 1 is 0.193 bits per heavy atom. The summed E-state index contributed by atoms with van der Waals surface area (Å²) in [6.07, 6.45) is 0. The smallest absolute Gasteiger partial charge is 0.252 e. The lowest BCUT2D eigenvalue weighted by molar-refractivity contribution is 1.18. The first kappa shape index (κ1) is 51.0. The van der Waals surface area contributed by atoms with E-state index in [4.69, 9.17) is 0 Å². The Balaban J connectivity index is 1.01. The largest absolute Gasteiger partial charge is 0.311 e. The Labute approximate surface area is 513 Å². The van der Waals surface area contributed by atoms with E-state index in [0.29, 0.717) is 0 Å². The predicted molar refractivity (Wildman–Crippen MR) is 373 cm³/mol. The van der Waals surface area contributed by atoms with Crippen LogP contribution in [-0.2, 0) is 0 Å². The van der Waals surface area contributed by atoms with Crippen LogP contribution in [0.15, 0.2) is 340 Å². The van der Waals surface area contributed by atoms with Crippen LogP contribution in [0.4, 0.5) is 34.1 Å². The van der Waals surface area contributed by atoms with E-state index in [1.165, 1.54) is 60.4 Å². The second kappa shape index (κ2) is 21.3. The highest BCUT2D eigenvalue weighted by Crippen LogP contribution is 2.50. The number of aromatic nitrogens is 1. The van der Waals surface area contributed by atoms with Gasteiger partial charge in [0.15, 0.2) is 0 Å². The van der Waals surface area contributed by atoms with Gasteiger partial charge in [-0.3, -0.25) is 0 Å². The van der Waals surface area contributed by atoms with Crippen molar-refractivity contribution in [3.8, 4) is 83.6 Å². The van der Waals surface area contributed by atoms with Crippen LogP contribution in [0.3, 0.4) is 0 Å². The summed E-state index contributed by atoms with van der Waals surface area (Å²) in [6, 6.07) is 126. The Hall–Kier alpha value is -11.5. The molecule has 2 aliphatic heterocycles. The fourth-order valence-electron chi connectivity index (χ4n) is 14.0. The topological polar surface area (TPSA) is 11.4 Å². The fourth-order valence-corrected chi connectivity index (χ4v) is 14.0. The third-order valence-electron chi connectivity index (χ3n) is 18.1. The van der Waals surface area contributed by atoms with Crippen molar-refractivity contribution in [3.63, 3.8) is 0 Å². The molecule has 0 saturated carbocycles. The first-order valence-corrected chi connectivity index (χ1v) is 30.4. The molecule has 1 aromatic heterocycles. The minimum absolute atomic E-state index is 0.174. The maximum absolute atomic E-state index is 2.60. The molecule has 15 aromatic rings. The van der Waals surface area contributed by atoms with E-state index in [9.17, 15) is 0 Å². The van der Waals surface area contributed by atoms with Crippen LogP contribution < -0.4 is 26.2 Å². The summed E-state index contributed by atoms with van der Waals surface area (Å²) in [6.45, 7) is -0.174. The summed E-state index contributed by atoms with van der Waals surface area (Å²) in [4.78, 5) is 5.20. The molecule has 0 bridgehead atoms. The third kappa shape index (κ3) is 8.76. The maximum Gasteiger partial charge on any atom is 0.252 e. The van der Waals surface area contributed by atoms with E-state index in [-0.39, 0.29) is 6.71 Å². The fraction of sp³-hybridized carbons (Fsp3) is 0. The van der Waals surface area contributed by atoms with Gasteiger partial charge >= 0.3 is 0 Å². The van der Waals surface area contributed by atoms with Gasteiger partial charge in [-0.15, -0.1) is 0 Å². The number of nitrogens with zero attached hydrogens (tertiary/aromatic N) is 3. The Morgan fingerprint density at radius 2 is 0.523 bits per heavy atom. The van der Waals surface area contributed by atoms with Crippen molar-refractivity contribution in [1.29, 1.82) is 0 Å². The van der Waals surface area contributed by atoms with Crippen LogP contribution in [0.5, 0.6) is 0 Å². The summed E-state index contributed by atoms with van der Waals surface area (Å²) in [7, 11) is 0. The summed E-state index contributed by atoms with van der Waals surface area (Å²) >= 11 is 0. The predicted octanol–water partition coefficient (Wildman–Crippen LogP) is 20.5. The van der Waals surface area contributed by atoms with Crippen LogP contribution in [-0.4, -0.2) is 11.3 Å². The van der Waals surface area contributed by atoms with Crippen molar-refractivity contribution in [2.24, 2.45) is 0 Å². The second-order valence-corrected chi connectivity index (χ2v) is 23.2. The van der Waals surface area contributed by atoms with Gasteiger partial charge in [0.1, 0.15) is 0 Å². The summed E-state index contributed by atoms with van der Waals surface area (Å²) in [5, 5.41) is 2.42. The van der Waals surface area contributed by atoms with E-state index in [0.717, 1.165) is 95.4 Å². The number of fused-ring (bicyclic) bond motifs is 7. The molecular formula is C84H56BN3. The first-order chi connectivity index (χ1) is 43.6. The molecule has 410 valence electrons. The number of hydrogen-bond donors (Lipinski definition) is 0. The number of para-hydroxylation sites is 2. The quantitative estimate of drug-likeness (QED) is 0.126. The molecule has 0 amide bonds. The Bertz CT molecular complexity index is 4770. The van der Waals surface area contributed by atoms with Gasteiger partial charge in [-0.1, -0.05) is 249 Å². The van der Waals surface area contributed by atoms with Gasteiger partial charge in [0.05, 0.1) is 11.0 Å². The lowest BCUT2D eigenvalue weighted by Gasteiger charge is -2.45. The van der Waals surface area contributed by atoms with Gasteiger partial charge in [0, 0.05) is 50.6 Å². The molecule has 4 heteroatoms. The third-order valence-corrected chi connectivity index (χ3v) is 18.1. The van der Waals surface area contributed by atoms with E-state index >= 15 is 0 Å². The maximum atomic E-state index is 2.60. The van der Waals surface area contributed by atoms with Crippen LogP contribution in [0, 0.1) is 0 Å². The number of anilines is 6. The molecule has 3 heterocycles. The molecule has 14 aromatic carbocycles.